The summed E-state index contributed by atoms with van der Waals surface area (Å²) < 4.78 is 0. The van der Waals surface area contributed by atoms with E-state index in [2.05, 4.69) is 10.5 Å². The van der Waals surface area contributed by atoms with E-state index in [0.29, 0.717) is 5.69 Å². The van der Waals surface area contributed by atoms with E-state index >= 15 is 0 Å². The lowest BCUT2D eigenvalue weighted by Crippen LogP contribution is -2.22. The number of carbonyl (C=O) groups is 1. The number of nitriles is 1. The van der Waals surface area contributed by atoms with Crippen molar-refractivity contribution in [1.82, 2.24) is 0 Å². The molecule has 5 heteroatoms. The number of nitrogens with two attached hydrogens (primary N) is 1. The molecule has 0 aromatic heterocycles. The summed E-state index contributed by atoms with van der Waals surface area (Å²) in [6, 6.07) is 7.21. The Morgan fingerprint density at radius 3 is 2.62 bits per heavy atom. The van der Waals surface area contributed by atoms with Gasteiger partial charge in [-0.05, 0) is 37.1 Å². The Labute approximate surface area is 93.6 Å². The van der Waals surface area contributed by atoms with Gasteiger partial charge >= 0.3 is 0 Å². The third kappa shape index (κ3) is 2.82. The van der Waals surface area contributed by atoms with E-state index in [1.807, 2.05) is 32.0 Å². The molecular weight excluding hydrogens is 204 g/mol. The van der Waals surface area contributed by atoms with E-state index < -0.39 is 5.91 Å². The predicted octanol–water partition coefficient (Wildman–Crippen LogP) is 1.08. The number of nitrogens with one attached hydrogen (secondary N) is 1. The Morgan fingerprint density at radius 1 is 1.44 bits per heavy atom. The maximum absolute atomic E-state index is 10.7. The quantitative estimate of drug-likeness (QED) is 0.585. The Balaban J connectivity index is 2.86. The molecule has 0 unspecified atom stereocenters. The van der Waals surface area contributed by atoms with Crippen LogP contribution in [0.2, 0.25) is 0 Å². The van der Waals surface area contributed by atoms with Crippen LogP contribution in [0.1, 0.15) is 11.1 Å². The first-order valence-corrected chi connectivity index (χ1v) is 4.65. The lowest BCUT2D eigenvalue weighted by Gasteiger charge is -2.04. The number of hydrogen-bond donors (Lipinski definition) is 2. The van der Waals surface area contributed by atoms with Gasteiger partial charge in [0.1, 0.15) is 6.07 Å². The molecule has 0 heterocycles. The standard InChI is InChI=1S/C11H12N4O/c1-7-3-4-9(5-8(7)2)14-15-10(6-12)11(13)16/h3-5,14H,1-2H3,(H2,13,16). The molecule has 1 aromatic carbocycles. The maximum Gasteiger partial charge on any atom is 0.280 e. The number of hydrogen-bond acceptors (Lipinski definition) is 4. The summed E-state index contributed by atoms with van der Waals surface area (Å²) in [6.07, 6.45) is 0. The number of anilines is 1. The van der Waals surface area contributed by atoms with Gasteiger partial charge < -0.3 is 5.73 Å². The molecule has 0 saturated carbocycles. The second-order valence-corrected chi connectivity index (χ2v) is 3.35. The summed E-state index contributed by atoms with van der Waals surface area (Å²) in [4.78, 5) is 10.7. The average molecular weight is 216 g/mol. The summed E-state index contributed by atoms with van der Waals surface area (Å²) in [7, 11) is 0. The van der Waals surface area contributed by atoms with Crippen LogP contribution < -0.4 is 11.2 Å². The van der Waals surface area contributed by atoms with Gasteiger partial charge in [-0.15, -0.1) is 0 Å². The fourth-order valence-electron chi connectivity index (χ4n) is 1.07. The van der Waals surface area contributed by atoms with Crippen molar-refractivity contribution in [3.8, 4) is 6.07 Å². The van der Waals surface area contributed by atoms with Crippen molar-refractivity contribution in [2.24, 2.45) is 10.8 Å². The average Bonchev–Trinajstić information content (AvgIpc) is 2.23. The molecule has 0 atom stereocenters. The Kier molecular flexibility index (Phi) is 3.62. The number of benzene rings is 1. The van der Waals surface area contributed by atoms with Crippen LogP contribution in [0.25, 0.3) is 0 Å². The zero-order valence-corrected chi connectivity index (χ0v) is 9.11. The van der Waals surface area contributed by atoms with Crippen molar-refractivity contribution in [2.45, 2.75) is 13.8 Å². The predicted molar refractivity (Wildman–Crippen MR) is 61.8 cm³/mol. The van der Waals surface area contributed by atoms with Crippen LogP contribution >= 0.6 is 0 Å². The van der Waals surface area contributed by atoms with Crippen LogP contribution in [-0.2, 0) is 4.79 Å². The molecule has 1 aromatic rings. The smallest absolute Gasteiger partial charge is 0.280 e. The van der Waals surface area contributed by atoms with Gasteiger partial charge in [-0.3, -0.25) is 10.2 Å². The summed E-state index contributed by atoms with van der Waals surface area (Å²) >= 11 is 0. The lowest BCUT2D eigenvalue weighted by molar-refractivity contribution is -0.111. The Hall–Kier alpha value is -2.35. The van der Waals surface area contributed by atoms with E-state index in [1.54, 1.807) is 6.07 Å². The van der Waals surface area contributed by atoms with Crippen LogP contribution in [0.4, 0.5) is 5.69 Å². The van der Waals surface area contributed by atoms with Gasteiger partial charge in [-0.25, -0.2) is 0 Å². The number of primary amides is 1. The molecule has 5 nitrogen and oxygen atoms in total. The van der Waals surface area contributed by atoms with Crippen LogP contribution in [0, 0.1) is 25.2 Å². The van der Waals surface area contributed by atoms with E-state index in [0.717, 1.165) is 11.1 Å². The normalized spacial score (nSPS) is 10.7. The van der Waals surface area contributed by atoms with Crippen molar-refractivity contribution < 1.29 is 4.79 Å². The molecule has 1 rings (SSSR count). The molecule has 0 aliphatic carbocycles. The minimum Gasteiger partial charge on any atom is -0.364 e. The summed E-state index contributed by atoms with van der Waals surface area (Å²) in [6.45, 7) is 3.95. The van der Waals surface area contributed by atoms with Gasteiger partial charge in [0.2, 0.25) is 5.71 Å². The third-order valence-electron chi connectivity index (χ3n) is 2.14. The molecule has 0 saturated heterocycles. The molecule has 0 aliphatic rings. The number of carbonyl (C=O) groups excluding carboxylic acids is 1. The molecular formula is C11H12N4O. The van der Waals surface area contributed by atoms with Crippen molar-refractivity contribution in [3.63, 3.8) is 0 Å². The summed E-state index contributed by atoms with van der Waals surface area (Å²) in [5, 5.41) is 12.2. The fraction of sp³-hybridized carbons (Fsp3) is 0.182. The largest absolute Gasteiger partial charge is 0.364 e. The fourth-order valence-corrected chi connectivity index (χ4v) is 1.07. The van der Waals surface area contributed by atoms with E-state index in [4.69, 9.17) is 11.0 Å². The van der Waals surface area contributed by atoms with E-state index in [1.165, 1.54) is 0 Å². The summed E-state index contributed by atoms with van der Waals surface area (Å²) in [5.41, 5.74) is 10.2. The highest BCUT2D eigenvalue weighted by Gasteiger charge is 2.04. The minimum absolute atomic E-state index is 0.349. The highest BCUT2D eigenvalue weighted by atomic mass is 16.1. The number of rotatable bonds is 3. The van der Waals surface area contributed by atoms with Crippen LogP contribution in [0.5, 0.6) is 0 Å². The third-order valence-corrected chi connectivity index (χ3v) is 2.14. The molecule has 1 amide bonds. The number of hydrazone groups is 1. The highest BCUT2D eigenvalue weighted by Crippen LogP contribution is 2.13. The number of amides is 1. The van der Waals surface area contributed by atoms with Crippen molar-refractivity contribution in [1.29, 1.82) is 5.26 Å². The van der Waals surface area contributed by atoms with Gasteiger partial charge in [0, 0.05) is 0 Å². The Bertz CT molecular complexity index is 485. The number of aryl methyl sites for hydroxylation is 2. The first-order valence-electron chi connectivity index (χ1n) is 4.65. The van der Waals surface area contributed by atoms with Gasteiger partial charge in [0.25, 0.3) is 5.91 Å². The first-order chi connectivity index (χ1) is 7.54. The molecule has 0 aliphatic heterocycles. The zero-order chi connectivity index (χ0) is 12.1. The summed E-state index contributed by atoms with van der Waals surface area (Å²) in [5.74, 6) is -0.848. The maximum atomic E-state index is 10.7. The second kappa shape index (κ2) is 4.94. The molecule has 0 radical (unpaired) electrons. The molecule has 0 fully saturated rings. The monoisotopic (exact) mass is 216 g/mol. The van der Waals surface area contributed by atoms with Gasteiger partial charge in [-0.2, -0.15) is 10.4 Å². The van der Waals surface area contributed by atoms with Crippen molar-refractivity contribution in [2.75, 3.05) is 5.43 Å². The van der Waals surface area contributed by atoms with Crippen LogP contribution in [0.15, 0.2) is 23.3 Å². The lowest BCUT2D eigenvalue weighted by atomic mass is 10.1. The first kappa shape index (κ1) is 11.7. The molecule has 82 valence electrons. The Morgan fingerprint density at radius 2 is 2.12 bits per heavy atom. The second-order valence-electron chi connectivity index (χ2n) is 3.35. The van der Waals surface area contributed by atoms with E-state index in [-0.39, 0.29) is 5.71 Å². The zero-order valence-electron chi connectivity index (χ0n) is 9.11. The topological polar surface area (TPSA) is 91.3 Å². The molecule has 3 N–H and O–H groups in total. The van der Waals surface area contributed by atoms with Crippen molar-refractivity contribution in [3.05, 3.63) is 29.3 Å². The SMILES string of the molecule is Cc1ccc(NN=C(C#N)C(N)=O)cc1C. The van der Waals surface area contributed by atoms with Gasteiger partial charge in [0.05, 0.1) is 5.69 Å². The van der Waals surface area contributed by atoms with Crippen molar-refractivity contribution >= 4 is 17.3 Å². The number of nitrogens with zero attached hydrogens (tertiary/aromatic N) is 2. The van der Waals surface area contributed by atoms with Crippen LogP contribution in [0.3, 0.4) is 0 Å². The molecule has 0 bridgehead atoms. The van der Waals surface area contributed by atoms with Gasteiger partial charge in [-0.1, -0.05) is 6.07 Å². The molecule has 0 spiro atoms. The highest BCUT2D eigenvalue weighted by molar-refractivity contribution is 6.44. The van der Waals surface area contributed by atoms with Crippen LogP contribution in [-0.4, -0.2) is 11.6 Å². The molecule has 16 heavy (non-hydrogen) atoms. The minimum atomic E-state index is -0.848. The van der Waals surface area contributed by atoms with Gasteiger partial charge in [0.15, 0.2) is 0 Å². The van der Waals surface area contributed by atoms with E-state index in [9.17, 15) is 4.79 Å².